The normalized spacial score (nSPS) is 18.9. The van der Waals surface area contributed by atoms with Crippen molar-refractivity contribution in [3.05, 3.63) is 42.4 Å². The molecule has 0 bridgehead atoms. The molecule has 140 valence electrons. The fourth-order valence-electron chi connectivity index (χ4n) is 3.95. The Hall–Kier alpha value is -2.51. The molecule has 1 aromatic carbocycles. The number of hydrogen-bond acceptors (Lipinski definition) is 6. The Labute approximate surface area is 158 Å². The second-order valence-electron chi connectivity index (χ2n) is 7.18. The van der Waals surface area contributed by atoms with Gasteiger partial charge in [-0.1, -0.05) is 12.1 Å². The van der Waals surface area contributed by atoms with E-state index in [1.54, 1.807) is 0 Å². The van der Waals surface area contributed by atoms with Crippen LogP contribution in [0.5, 0.6) is 0 Å². The van der Waals surface area contributed by atoms with Crippen molar-refractivity contribution in [2.75, 3.05) is 44.3 Å². The van der Waals surface area contributed by atoms with Crippen molar-refractivity contribution in [3.63, 3.8) is 0 Å². The van der Waals surface area contributed by atoms with Gasteiger partial charge in [0.15, 0.2) is 0 Å². The summed E-state index contributed by atoms with van der Waals surface area (Å²) in [5, 5.41) is 3.44. The van der Waals surface area contributed by atoms with Gasteiger partial charge in [-0.05, 0) is 38.1 Å². The number of ether oxygens (including phenoxy) is 1. The quantitative estimate of drug-likeness (QED) is 0.768. The minimum Gasteiger partial charge on any atom is -0.378 e. The Kier molecular flexibility index (Phi) is 4.47. The maximum Gasteiger partial charge on any atom is 0.237 e. The van der Waals surface area contributed by atoms with E-state index in [2.05, 4.69) is 27.3 Å². The van der Waals surface area contributed by atoms with Crippen LogP contribution in [0.4, 0.5) is 5.82 Å². The van der Waals surface area contributed by atoms with Gasteiger partial charge in [-0.2, -0.15) is 4.98 Å². The maximum absolute atomic E-state index is 5.52. The number of hydrogen-bond donors (Lipinski definition) is 1. The third-order valence-corrected chi connectivity index (χ3v) is 5.48. The van der Waals surface area contributed by atoms with Crippen LogP contribution in [-0.2, 0) is 4.74 Å². The van der Waals surface area contributed by atoms with Crippen molar-refractivity contribution in [1.82, 2.24) is 24.8 Å². The first-order chi connectivity index (χ1) is 13.4. The molecule has 4 heterocycles. The van der Waals surface area contributed by atoms with Gasteiger partial charge < -0.3 is 15.0 Å². The molecule has 2 aromatic heterocycles. The number of piperidine rings is 1. The Morgan fingerprint density at radius 2 is 1.85 bits per heavy atom. The molecule has 0 spiro atoms. The predicted octanol–water partition coefficient (Wildman–Crippen LogP) is 2.12. The lowest BCUT2D eigenvalue weighted by atomic mass is 9.94. The lowest BCUT2D eigenvalue weighted by Gasteiger charge is -2.29. The van der Waals surface area contributed by atoms with Crippen LogP contribution in [-0.4, -0.2) is 58.9 Å². The molecule has 1 N–H and O–H groups in total. The summed E-state index contributed by atoms with van der Waals surface area (Å²) in [6.07, 6.45) is 4.06. The molecule has 3 aromatic rings. The number of rotatable bonds is 3. The lowest BCUT2D eigenvalue weighted by molar-refractivity contribution is 0.122. The van der Waals surface area contributed by atoms with E-state index in [1.165, 1.54) is 0 Å². The highest BCUT2D eigenvalue weighted by Gasteiger charge is 2.22. The van der Waals surface area contributed by atoms with Crippen LogP contribution < -0.4 is 10.2 Å². The molecule has 7 heteroatoms. The summed E-state index contributed by atoms with van der Waals surface area (Å²) >= 11 is 0. The molecular weight excluding hydrogens is 340 g/mol. The number of imidazole rings is 1. The van der Waals surface area contributed by atoms with Crippen molar-refractivity contribution in [2.24, 2.45) is 0 Å². The zero-order valence-corrected chi connectivity index (χ0v) is 15.3. The number of aromatic nitrogens is 4. The Morgan fingerprint density at radius 1 is 1.04 bits per heavy atom. The van der Waals surface area contributed by atoms with Crippen molar-refractivity contribution in [2.45, 2.75) is 18.8 Å². The topological polar surface area (TPSA) is 68.1 Å². The van der Waals surface area contributed by atoms with Gasteiger partial charge >= 0.3 is 0 Å². The third kappa shape index (κ3) is 3.28. The van der Waals surface area contributed by atoms with Crippen LogP contribution in [0.15, 0.2) is 36.7 Å². The molecule has 0 saturated carbocycles. The highest BCUT2D eigenvalue weighted by molar-refractivity contribution is 5.76. The molecular formula is C20H24N6O. The first kappa shape index (κ1) is 16.6. The van der Waals surface area contributed by atoms with E-state index in [4.69, 9.17) is 14.7 Å². The SMILES string of the molecule is c1ccc2c(c1)ncn2-c1nc(C2CCNCC2)cc(N2CCOCC2)n1. The van der Waals surface area contributed by atoms with E-state index in [0.29, 0.717) is 11.9 Å². The largest absolute Gasteiger partial charge is 0.378 e. The first-order valence-corrected chi connectivity index (χ1v) is 9.73. The van der Waals surface area contributed by atoms with Crippen molar-refractivity contribution in [1.29, 1.82) is 0 Å². The number of anilines is 1. The summed E-state index contributed by atoms with van der Waals surface area (Å²) in [5.41, 5.74) is 3.13. The van der Waals surface area contributed by atoms with Crippen LogP contribution in [0.1, 0.15) is 24.5 Å². The fraction of sp³-hybridized carbons (Fsp3) is 0.450. The number of para-hydroxylation sites is 2. The summed E-state index contributed by atoms with van der Waals surface area (Å²) in [7, 11) is 0. The predicted molar refractivity (Wildman–Crippen MR) is 105 cm³/mol. The standard InChI is InChI=1S/C20H24N6O/c1-2-4-18-16(3-1)22-14-26(18)20-23-17(15-5-7-21-8-6-15)13-19(24-20)25-9-11-27-12-10-25/h1-4,13-15,21H,5-12H2. The van der Waals surface area contributed by atoms with E-state index in [0.717, 1.165) is 74.8 Å². The summed E-state index contributed by atoms with van der Waals surface area (Å²) in [6, 6.07) is 10.3. The van der Waals surface area contributed by atoms with Gasteiger partial charge in [0.2, 0.25) is 5.95 Å². The molecule has 5 rings (SSSR count). The molecule has 7 nitrogen and oxygen atoms in total. The molecule has 0 radical (unpaired) electrons. The number of nitrogens with zero attached hydrogens (tertiary/aromatic N) is 5. The zero-order valence-electron chi connectivity index (χ0n) is 15.3. The van der Waals surface area contributed by atoms with Gasteiger partial charge in [0.25, 0.3) is 0 Å². The highest BCUT2D eigenvalue weighted by Crippen LogP contribution is 2.28. The second-order valence-corrected chi connectivity index (χ2v) is 7.18. The van der Waals surface area contributed by atoms with Crippen LogP contribution in [0, 0.1) is 0 Å². The molecule has 2 fully saturated rings. The molecule has 0 unspecified atom stereocenters. The van der Waals surface area contributed by atoms with Gasteiger partial charge in [-0.25, -0.2) is 9.97 Å². The summed E-state index contributed by atoms with van der Waals surface area (Å²) < 4.78 is 7.52. The number of nitrogens with one attached hydrogen (secondary N) is 1. The van der Waals surface area contributed by atoms with Crippen LogP contribution in [0.25, 0.3) is 17.0 Å². The number of morpholine rings is 1. The maximum atomic E-state index is 5.52. The van der Waals surface area contributed by atoms with Gasteiger partial charge in [0.05, 0.1) is 29.9 Å². The molecule has 2 aliphatic rings. The summed E-state index contributed by atoms with van der Waals surface area (Å²) in [5.74, 6) is 2.18. The Balaban J connectivity index is 1.60. The first-order valence-electron chi connectivity index (χ1n) is 9.73. The minimum absolute atomic E-state index is 0.475. The van der Waals surface area contributed by atoms with Gasteiger partial charge in [0, 0.05) is 25.1 Å². The number of benzene rings is 1. The fourth-order valence-corrected chi connectivity index (χ4v) is 3.95. The number of fused-ring (bicyclic) bond motifs is 1. The van der Waals surface area contributed by atoms with Crippen molar-refractivity contribution >= 4 is 16.9 Å². The second kappa shape index (κ2) is 7.25. The van der Waals surface area contributed by atoms with Gasteiger partial charge in [-0.3, -0.25) is 4.57 Å². The smallest absolute Gasteiger partial charge is 0.237 e. The van der Waals surface area contributed by atoms with E-state index in [9.17, 15) is 0 Å². The third-order valence-electron chi connectivity index (χ3n) is 5.48. The van der Waals surface area contributed by atoms with E-state index >= 15 is 0 Å². The monoisotopic (exact) mass is 364 g/mol. The van der Waals surface area contributed by atoms with Crippen LogP contribution >= 0.6 is 0 Å². The van der Waals surface area contributed by atoms with E-state index < -0.39 is 0 Å². The van der Waals surface area contributed by atoms with Gasteiger partial charge in [0.1, 0.15) is 12.1 Å². The molecule has 0 aliphatic carbocycles. The van der Waals surface area contributed by atoms with Crippen LogP contribution in [0.3, 0.4) is 0 Å². The molecule has 27 heavy (non-hydrogen) atoms. The lowest BCUT2D eigenvalue weighted by Crippen LogP contribution is -2.37. The average Bonchev–Trinajstić information content (AvgIpc) is 3.19. The van der Waals surface area contributed by atoms with Crippen LogP contribution in [0.2, 0.25) is 0 Å². The average molecular weight is 364 g/mol. The zero-order chi connectivity index (χ0) is 18.1. The molecule has 0 amide bonds. The minimum atomic E-state index is 0.475. The Morgan fingerprint density at radius 3 is 2.70 bits per heavy atom. The molecule has 2 saturated heterocycles. The molecule has 0 atom stereocenters. The van der Waals surface area contributed by atoms with E-state index in [1.807, 2.05) is 29.1 Å². The highest BCUT2D eigenvalue weighted by atomic mass is 16.5. The Bertz CT molecular complexity index is 891. The van der Waals surface area contributed by atoms with Crippen molar-refractivity contribution in [3.8, 4) is 5.95 Å². The summed E-state index contributed by atoms with van der Waals surface area (Å²) in [6.45, 7) is 5.32. The van der Waals surface area contributed by atoms with E-state index in [-0.39, 0.29) is 0 Å². The van der Waals surface area contributed by atoms with Gasteiger partial charge in [-0.15, -0.1) is 0 Å². The van der Waals surface area contributed by atoms with Crippen molar-refractivity contribution < 1.29 is 4.74 Å². The summed E-state index contributed by atoms with van der Waals surface area (Å²) in [4.78, 5) is 16.7. The molecule has 2 aliphatic heterocycles.